The van der Waals surface area contributed by atoms with Gasteiger partial charge in [0.25, 0.3) is 0 Å². The van der Waals surface area contributed by atoms with E-state index in [0.29, 0.717) is 0 Å². The van der Waals surface area contributed by atoms with Gasteiger partial charge in [0, 0.05) is 6.20 Å². The number of aliphatic imine (C=N–C) groups is 1. The highest BCUT2D eigenvalue weighted by atomic mass is 14.6. The summed E-state index contributed by atoms with van der Waals surface area (Å²) in [6.07, 6.45) is 5.67. The molecule has 0 amide bonds. The molecule has 10 heavy (non-hydrogen) atoms. The summed E-state index contributed by atoms with van der Waals surface area (Å²) in [5.41, 5.74) is 1.13. The molecule has 0 aromatic carbocycles. The molecule has 58 valence electrons. The van der Waals surface area contributed by atoms with Gasteiger partial charge in [-0.15, -0.1) is 0 Å². The van der Waals surface area contributed by atoms with Crippen LogP contribution in [-0.4, -0.2) is 6.72 Å². The quantitative estimate of drug-likeness (QED) is 0.411. The predicted octanol–water partition coefficient (Wildman–Crippen LogP) is 3.19. The number of nitrogens with zero attached hydrogens (tertiary/aromatic N) is 1. The lowest BCUT2D eigenvalue weighted by Gasteiger charge is -1.82. The topological polar surface area (TPSA) is 12.4 Å². The molecule has 0 aliphatic rings. The Morgan fingerprint density at radius 3 is 2.20 bits per heavy atom. The maximum Gasteiger partial charge on any atom is 0.0289 e. The Balaban J connectivity index is 0. The monoisotopic (exact) mass is 139 g/mol. The van der Waals surface area contributed by atoms with Crippen LogP contribution in [0, 0.1) is 0 Å². The van der Waals surface area contributed by atoms with Gasteiger partial charge in [-0.05, 0) is 26.1 Å². The van der Waals surface area contributed by atoms with Crippen molar-refractivity contribution in [2.24, 2.45) is 4.99 Å². The lowest BCUT2D eigenvalue weighted by atomic mass is 10.3. The van der Waals surface area contributed by atoms with Crippen molar-refractivity contribution in [2.75, 3.05) is 0 Å². The van der Waals surface area contributed by atoms with E-state index >= 15 is 0 Å². The SMILES string of the molecule is C=N/C=C(C)\C=C/C.CC. The van der Waals surface area contributed by atoms with E-state index in [4.69, 9.17) is 0 Å². The molecule has 1 nitrogen and oxygen atoms in total. The summed E-state index contributed by atoms with van der Waals surface area (Å²) < 4.78 is 0. The normalized spacial score (nSPS) is 10.6. The molecule has 0 aromatic heterocycles. The first kappa shape index (κ1) is 11.9. The second kappa shape index (κ2) is 11.0. The van der Waals surface area contributed by atoms with Crippen LogP contribution in [0.4, 0.5) is 0 Å². The molecule has 0 saturated carbocycles. The van der Waals surface area contributed by atoms with E-state index in [1.807, 2.05) is 39.8 Å². The summed E-state index contributed by atoms with van der Waals surface area (Å²) in [6, 6.07) is 0. The van der Waals surface area contributed by atoms with Crippen molar-refractivity contribution in [3.05, 3.63) is 23.9 Å². The second-order valence-electron chi connectivity index (χ2n) is 1.56. The smallest absolute Gasteiger partial charge is 0.0289 e. The molecule has 0 fully saturated rings. The van der Waals surface area contributed by atoms with Crippen molar-refractivity contribution in [3.63, 3.8) is 0 Å². The average molecular weight is 139 g/mol. The summed E-state index contributed by atoms with van der Waals surface area (Å²) >= 11 is 0. The zero-order valence-electron chi connectivity index (χ0n) is 7.39. The fourth-order valence-electron chi connectivity index (χ4n) is 0.450. The zero-order chi connectivity index (χ0) is 8.41. The van der Waals surface area contributed by atoms with Gasteiger partial charge in [-0.25, -0.2) is 0 Å². The molecule has 1 heteroatoms. The van der Waals surface area contributed by atoms with E-state index in [0.717, 1.165) is 5.57 Å². The van der Waals surface area contributed by atoms with Gasteiger partial charge < -0.3 is 0 Å². The molecule has 0 aliphatic heterocycles. The van der Waals surface area contributed by atoms with E-state index in [2.05, 4.69) is 11.7 Å². The van der Waals surface area contributed by atoms with Crippen LogP contribution < -0.4 is 0 Å². The molecular formula is C9H17N. The molecular weight excluding hydrogens is 122 g/mol. The fourth-order valence-corrected chi connectivity index (χ4v) is 0.450. The molecule has 0 unspecified atom stereocenters. The largest absolute Gasteiger partial charge is 0.272 e. The molecule has 0 N–H and O–H groups in total. The van der Waals surface area contributed by atoms with Crippen LogP contribution in [0.25, 0.3) is 0 Å². The summed E-state index contributed by atoms with van der Waals surface area (Å²) in [7, 11) is 0. The van der Waals surface area contributed by atoms with Crippen LogP contribution >= 0.6 is 0 Å². The maximum absolute atomic E-state index is 3.59. The molecule has 0 aromatic rings. The molecule has 0 aliphatic carbocycles. The Bertz CT molecular complexity index is 121. The van der Waals surface area contributed by atoms with Gasteiger partial charge in [-0.2, -0.15) is 0 Å². The van der Waals surface area contributed by atoms with Crippen molar-refractivity contribution >= 4 is 6.72 Å². The minimum absolute atomic E-state index is 1.13. The fraction of sp³-hybridized carbons (Fsp3) is 0.444. The van der Waals surface area contributed by atoms with E-state index < -0.39 is 0 Å². The third-order valence-electron chi connectivity index (χ3n) is 0.724. The van der Waals surface area contributed by atoms with Crippen molar-refractivity contribution in [1.29, 1.82) is 0 Å². The number of allylic oxidation sites excluding steroid dienone is 3. The van der Waals surface area contributed by atoms with Gasteiger partial charge in [0.2, 0.25) is 0 Å². The predicted molar refractivity (Wildman–Crippen MR) is 49.5 cm³/mol. The summed E-state index contributed by atoms with van der Waals surface area (Å²) in [4.78, 5) is 3.59. The molecule has 0 heterocycles. The Morgan fingerprint density at radius 1 is 1.40 bits per heavy atom. The number of rotatable bonds is 2. The first-order chi connectivity index (χ1) is 4.81. The van der Waals surface area contributed by atoms with Gasteiger partial charge in [0.15, 0.2) is 0 Å². The van der Waals surface area contributed by atoms with Crippen LogP contribution in [0.1, 0.15) is 27.7 Å². The van der Waals surface area contributed by atoms with Crippen LogP contribution in [0.3, 0.4) is 0 Å². The maximum atomic E-state index is 3.59. The summed E-state index contributed by atoms with van der Waals surface area (Å²) in [5, 5.41) is 0. The highest BCUT2D eigenvalue weighted by Crippen LogP contribution is 1.92. The molecule has 0 spiro atoms. The highest BCUT2D eigenvalue weighted by molar-refractivity contribution is 5.28. The number of hydrogen-bond donors (Lipinski definition) is 0. The van der Waals surface area contributed by atoms with Crippen molar-refractivity contribution in [1.82, 2.24) is 0 Å². The Hall–Kier alpha value is -0.850. The lowest BCUT2D eigenvalue weighted by Crippen LogP contribution is -1.62. The zero-order valence-corrected chi connectivity index (χ0v) is 7.39. The van der Waals surface area contributed by atoms with E-state index in [9.17, 15) is 0 Å². The molecule has 0 saturated heterocycles. The van der Waals surface area contributed by atoms with Gasteiger partial charge >= 0.3 is 0 Å². The standard InChI is InChI=1S/C7H11N.C2H6/c1-4-5-7(2)6-8-3;1-2/h4-6H,3H2,1-2H3;1-2H3/b5-4-,7-6-;. The molecule has 0 bridgehead atoms. The first-order valence-electron chi connectivity index (χ1n) is 3.56. The molecule has 0 radical (unpaired) electrons. The van der Waals surface area contributed by atoms with Crippen molar-refractivity contribution in [3.8, 4) is 0 Å². The van der Waals surface area contributed by atoms with Crippen molar-refractivity contribution in [2.45, 2.75) is 27.7 Å². The lowest BCUT2D eigenvalue weighted by molar-refractivity contribution is 1.43. The van der Waals surface area contributed by atoms with Crippen molar-refractivity contribution < 1.29 is 0 Å². The Morgan fingerprint density at radius 2 is 1.90 bits per heavy atom. The average Bonchev–Trinajstić information content (AvgIpc) is 1.93. The minimum atomic E-state index is 1.13. The minimum Gasteiger partial charge on any atom is -0.272 e. The van der Waals surface area contributed by atoms with Gasteiger partial charge in [0.05, 0.1) is 0 Å². The van der Waals surface area contributed by atoms with E-state index in [1.165, 1.54) is 0 Å². The molecule has 0 rings (SSSR count). The van der Waals surface area contributed by atoms with Gasteiger partial charge in [-0.3, -0.25) is 4.99 Å². The highest BCUT2D eigenvalue weighted by Gasteiger charge is 1.72. The summed E-state index contributed by atoms with van der Waals surface area (Å²) in [5.74, 6) is 0. The third-order valence-corrected chi connectivity index (χ3v) is 0.724. The summed E-state index contributed by atoms with van der Waals surface area (Å²) in [6.45, 7) is 11.3. The van der Waals surface area contributed by atoms with Crippen LogP contribution in [0.5, 0.6) is 0 Å². The first-order valence-corrected chi connectivity index (χ1v) is 3.56. The van der Waals surface area contributed by atoms with Crippen LogP contribution in [0.2, 0.25) is 0 Å². The van der Waals surface area contributed by atoms with E-state index in [-0.39, 0.29) is 0 Å². The van der Waals surface area contributed by atoms with Gasteiger partial charge in [0.1, 0.15) is 0 Å². The third kappa shape index (κ3) is 10.2. The van der Waals surface area contributed by atoms with Crippen LogP contribution in [0.15, 0.2) is 28.9 Å². The Kier molecular flexibility index (Phi) is 13.1. The number of hydrogen-bond acceptors (Lipinski definition) is 1. The van der Waals surface area contributed by atoms with Crippen LogP contribution in [-0.2, 0) is 0 Å². The Labute approximate surface area is 64.2 Å². The van der Waals surface area contributed by atoms with Gasteiger partial charge in [-0.1, -0.05) is 26.0 Å². The second-order valence-corrected chi connectivity index (χ2v) is 1.56. The van der Waals surface area contributed by atoms with E-state index in [1.54, 1.807) is 6.20 Å². The molecule has 0 atom stereocenters.